The highest BCUT2D eigenvalue weighted by Gasteiger charge is 2.19. The van der Waals surface area contributed by atoms with Gasteiger partial charge in [0.05, 0.1) is 17.9 Å². The largest absolute Gasteiger partial charge is 0.342 e. The van der Waals surface area contributed by atoms with Crippen molar-refractivity contribution in [1.29, 1.82) is 0 Å². The fourth-order valence-corrected chi connectivity index (χ4v) is 3.70. The lowest BCUT2D eigenvalue weighted by molar-refractivity contribution is -0.132. The zero-order valence-electron chi connectivity index (χ0n) is 16.2. The maximum atomic E-state index is 12.6. The number of nitrogens with zero attached hydrogens (tertiary/aromatic N) is 4. The number of hydrogen-bond acceptors (Lipinski definition) is 3. The molecular weight excluding hydrogens is 324 g/mol. The van der Waals surface area contributed by atoms with Crippen molar-refractivity contribution in [3.05, 3.63) is 47.3 Å². The van der Waals surface area contributed by atoms with Crippen LogP contribution in [0.4, 0.5) is 0 Å². The van der Waals surface area contributed by atoms with Crippen LogP contribution >= 0.6 is 0 Å². The summed E-state index contributed by atoms with van der Waals surface area (Å²) < 4.78 is 2.00. The Balaban J connectivity index is 1.66. The van der Waals surface area contributed by atoms with E-state index in [0.717, 1.165) is 49.6 Å². The molecule has 0 atom stereocenters. The van der Waals surface area contributed by atoms with Gasteiger partial charge in [0.15, 0.2) is 0 Å². The van der Waals surface area contributed by atoms with Gasteiger partial charge in [-0.2, -0.15) is 5.10 Å². The van der Waals surface area contributed by atoms with Crippen molar-refractivity contribution < 1.29 is 4.79 Å². The van der Waals surface area contributed by atoms with E-state index in [4.69, 9.17) is 5.10 Å². The number of amides is 1. The summed E-state index contributed by atoms with van der Waals surface area (Å²) in [4.78, 5) is 16.8. The van der Waals surface area contributed by atoms with Gasteiger partial charge in [-0.25, -0.2) is 4.68 Å². The fraction of sp³-hybridized carbons (Fsp3) is 0.524. The second kappa shape index (κ2) is 8.49. The third-order valence-electron chi connectivity index (χ3n) is 5.23. The van der Waals surface area contributed by atoms with Crippen LogP contribution in [0.5, 0.6) is 0 Å². The van der Waals surface area contributed by atoms with Crippen LogP contribution in [0.15, 0.2) is 30.3 Å². The molecule has 0 N–H and O–H groups in total. The van der Waals surface area contributed by atoms with Crippen molar-refractivity contribution in [3.8, 4) is 5.69 Å². The monoisotopic (exact) mass is 354 g/mol. The van der Waals surface area contributed by atoms with E-state index in [1.165, 1.54) is 18.4 Å². The molecule has 26 heavy (non-hydrogen) atoms. The molecule has 1 aromatic carbocycles. The lowest BCUT2D eigenvalue weighted by Crippen LogP contribution is -2.39. The quantitative estimate of drug-likeness (QED) is 0.827. The highest BCUT2D eigenvalue weighted by atomic mass is 16.2. The molecule has 140 valence electrons. The van der Waals surface area contributed by atoms with Gasteiger partial charge in [0.2, 0.25) is 5.91 Å². The molecule has 1 saturated heterocycles. The first-order chi connectivity index (χ1) is 12.6. The van der Waals surface area contributed by atoms with Gasteiger partial charge in [0, 0.05) is 30.9 Å². The van der Waals surface area contributed by atoms with Crippen molar-refractivity contribution in [2.24, 2.45) is 0 Å². The first-order valence-corrected chi connectivity index (χ1v) is 9.63. The lowest BCUT2D eigenvalue weighted by atomic mass is 10.2. The van der Waals surface area contributed by atoms with Gasteiger partial charge in [-0.3, -0.25) is 9.69 Å². The smallest absolute Gasteiger partial charge is 0.236 e. The minimum atomic E-state index is 0.250. The maximum Gasteiger partial charge on any atom is 0.236 e. The Kier molecular flexibility index (Phi) is 6.09. The molecule has 0 spiro atoms. The van der Waals surface area contributed by atoms with Crippen LogP contribution in [0.1, 0.15) is 42.6 Å². The van der Waals surface area contributed by atoms with E-state index in [1.807, 2.05) is 41.8 Å². The molecule has 0 aliphatic carbocycles. The molecule has 1 fully saturated rings. The van der Waals surface area contributed by atoms with E-state index < -0.39 is 0 Å². The Morgan fingerprint density at radius 2 is 1.73 bits per heavy atom. The highest BCUT2D eigenvalue weighted by molar-refractivity contribution is 5.78. The predicted octanol–water partition coefficient (Wildman–Crippen LogP) is 3.32. The van der Waals surface area contributed by atoms with E-state index in [-0.39, 0.29) is 5.91 Å². The van der Waals surface area contributed by atoms with E-state index >= 15 is 0 Å². The molecule has 1 aliphatic heterocycles. The zero-order valence-corrected chi connectivity index (χ0v) is 16.2. The van der Waals surface area contributed by atoms with Gasteiger partial charge in [-0.05, 0) is 45.9 Å². The van der Waals surface area contributed by atoms with E-state index in [0.29, 0.717) is 6.54 Å². The summed E-state index contributed by atoms with van der Waals surface area (Å²) in [6.07, 6.45) is 4.77. The number of likely N-dealkylation sites (tertiary alicyclic amines) is 1. The van der Waals surface area contributed by atoms with Crippen LogP contribution in [-0.2, 0) is 11.3 Å². The second-order valence-corrected chi connectivity index (χ2v) is 7.36. The van der Waals surface area contributed by atoms with Crippen molar-refractivity contribution in [2.75, 3.05) is 26.7 Å². The van der Waals surface area contributed by atoms with E-state index in [9.17, 15) is 4.79 Å². The second-order valence-electron chi connectivity index (χ2n) is 7.36. The molecule has 1 aromatic heterocycles. The lowest BCUT2D eigenvalue weighted by Gasteiger charge is -2.24. The third kappa shape index (κ3) is 4.33. The number of carbonyl (C=O) groups is 1. The molecule has 5 nitrogen and oxygen atoms in total. The number of para-hydroxylation sites is 1. The molecule has 3 rings (SSSR count). The number of aryl methyl sites for hydroxylation is 1. The Labute approximate surface area is 156 Å². The molecule has 2 aromatic rings. The normalized spacial score (nSPS) is 15.3. The Hall–Kier alpha value is -2.14. The number of carbonyl (C=O) groups excluding carboxylic acids is 1. The SMILES string of the molecule is Cc1nn(-c2ccccc2)c(C)c1CN(C)CC(=O)N1CCCCCC1. The van der Waals surface area contributed by atoms with Crippen molar-refractivity contribution in [3.63, 3.8) is 0 Å². The van der Waals surface area contributed by atoms with Crippen LogP contribution < -0.4 is 0 Å². The van der Waals surface area contributed by atoms with E-state index in [1.54, 1.807) is 0 Å². The van der Waals surface area contributed by atoms with Crippen LogP contribution in [0.25, 0.3) is 5.69 Å². The number of aromatic nitrogens is 2. The minimum Gasteiger partial charge on any atom is -0.342 e. The average molecular weight is 354 g/mol. The highest BCUT2D eigenvalue weighted by Crippen LogP contribution is 2.19. The van der Waals surface area contributed by atoms with Crippen molar-refractivity contribution >= 4 is 5.91 Å². The predicted molar refractivity (Wildman–Crippen MR) is 104 cm³/mol. The van der Waals surface area contributed by atoms with Crippen molar-refractivity contribution in [2.45, 2.75) is 46.1 Å². The molecule has 0 saturated carbocycles. The van der Waals surface area contributed by atoms with Gasteiger partial charge in [0.25, 0.3) is 0 Å². The molecule has 5 heteroatoms. The number of hydrogen-bond donors (Lipinski definition) is 0. The maximum absolute atomic E-state index is 12.6. The number of benzene rings is 1. The Morgan fingerprint density at radius 1 is 1.08 bits per heavy atom. The van der Waals surface area contributed by atoms with Gasteiger partial charge >= 0.3 is 0 Å². The van der Waals surface area contributed by atoms with Crippen molar-refractivity contribution in [1.82, 2.24) is 19.6 Å². The summed E-state index contributed by atoms with van der Waals surface area (Å²) in [5.74, 6) is 0.250. The first-order valence-electron chi connectivity index (χ1n) is 9.63. The van der Waals surface area contributed by atoms with Gasteiger partial charge < -0.3 is 4.90 Å². The fourth-order valence-electron chi connectivity index (χ4n) is 3.70. The first kappa shape index (κ1) is 18.6. The average Bonchev–Trinajstić information content (AvgIpc) is 2.85. The molecule has 0 radical (unpaired) electrons. The molecular formula is C21H30N4O. The third-order valence-corrected chi connectivity index (χ3v) is 5.23. The molecule has 0 unspecified atom stereocenters. The summed E-state index contributed by atoms with van der Waals surface area (Å²) >= 11 is 0. The van der Waals surface area contributed by atoms with Crippen LogP contribution in [0, 0.1) is 13.8 Å². The summed E-state index contributed by atoms with van der Waals surface area (Å²) in [7, 11) is 2.02. The number of likely N-dealkylation sites (N-methyl/N-ethyl adjacent to an activating group) is 1. The summed E-state index contributed by atoms with van der Waals surface area (Å²) in [6, 6.07) is 10.2. The molecule has 1 amide bonds. The van der Waals surface area contributed by atoms with Crippen LogP contribution in [0.2, 0.25) is 0 Å². The molecule has 1 aliphatic rings. The van der Waals surface area contributed by atoms with Gasteiger partial charge in [0.1, 0.15) is 0 Å². The number of rotatable bonds is 5. The van der Waals surface area contributed by atoms with Gasteiger partial charge in [-0.15, -0.1) is 0 Å². The standard InChI is InChI=1S/C21H30N4O/c1-17-20(18(2)25(22-17)19-11-7-6-8-12-19)15-23(3)16-21(26)24-13-9-4-5-10-14-24/h6-8,11-12H,4-5,9-10,13-16H2,1-3H3. The Bertz CT molecular complexity index is 730. The van der Waals surface area contributed by atoms with E-state index in [2.05, 4.69) is 24.0 Å². The summed E-state index contributed by atoms with van der Waals surface area (Å²) in [5.41, 5.74) is 4.45. The summed E-state index contributed by atoms with van der Waals surface area (Å²) in [6.45, 7) is 7.19. The minimum absolute atomic E-state index is 0.250. The zero-order chi connectivity index (χ0) is 18.5. The van der Waals surface area contributed by atoms with Gasteiger partial charge in [-0.1, -0.05) is 31.0 Å². The van der Waals surface area contributed by atoms with Crippen LogP contribution in [-0.4, -0.2) is 52.2 Å². The molecule has 2 heterocycles. The topological polar surface area (TPSA) is 41.4 Å². The molecule has 0 bridgehead atoms. The Morgan fingerprint density at radius 3 is 2.38 bits per heavy atom. The van der Waals surface area contributed by atoms with Crippen LogP contribution in [0.3, 0.4) is 0 Å². The summed E-state index contributed by atoms with van der Waals surface area (Å²) in [5, 5.41) is 4.71.